The number of benzene rings is 1. The van der Waals surface area contributed by atoms with E-state index in [2.05, 4.69) is 10.3 Å². The molecule has 1 aromatic heterocycles. The molecule has 0 aliphatic heterocycles. The maximum absolute atomic E-state index is 13.0. The van der Waals surface area contributed by atoms with Crippen LogP contribution in [0, 0.1) is 6.92 Å². The van der Waals surface area contributed by atoms with Crippen LogP contribution in [0.2, 0.25) is 10.0 Å². The van der Waals surface area contributed by atoms with Crippen molar-refractivity contribution in [1.82, 2.24) is 4.98 Å². The molecule has 0 aliphatic carbocycles. The summed E-state index contributed by atoms with van der Waals surface area (Å²) in [5.41, 5.74) is 0.0992. The zero-order chi connectivity index (χ0) is 15.6. The molecule has 2 rings (SSSR count). The zero-order valence-corrected chi connectivity index (χ0v) is 12.4. The summed E-state index contributed by atoms with van der Waals surface area (Å²) in [7, 11) is 0. The van der Waals surface area contributed by atoms with Gasteiger partial charge in [-0.25, -0.2) is 4.98 Å². The molecule has 0 aliphatic rings. The van der Waals surface area contributed by atoms with Crippen molar-refractivity contribution >= 4 is 29.0 Å². The molecule has 0 amide bonds. The van der Waals surface area contributed by atoms with Crippen molar-refractivity contribution in [3.05, 3.63) is 57.2 Å². The van der Waals surface area contributed by atoms with Crippen LogP contribution < -0.4 is 5.32 Å². The maximum Gasteiger partial charge on any atom is 0.416 e. The normalized spacial score (nSPS) is 11.5. The lowest BCUT2D eigenvalue weighted by Crippen LogP contribution is -2.12. The summed E-state index contributed by atoms with van der Waals surface area (Å²) in [6.45, 7) is 1.76. The molecule has 1 N–H and O–H groups in total. The fourth-order valence-electron chi connectivity index (χ4n) is 1.87. The van der Waals surface area contributed by atoms with Crippen LogP contribution >= 0.6 is 23.2 Å². The molecule has 0 spiro atoms. The highest BCUT2D eigenvalue weighted by Crippen LogP contribution is 2.34. The van der Waals surface area contributed by atoms with Gasteiger partial charge in [0, 0.05) is 17.8 Å². The lowest BCUT2D eigenvalue weighted by atomic mass is 10.1. The highest BCUT2D eigenvalue weighted by atomic mass is 35.5. The van der Waals surface area contributed by atoms with Crippen LogP contribution in [0.25, 0.3) is 0 Å². The first-order valence-electron chi connectivity index (χ1n) is 5.99. The number of hydrogen-bond donors (Lipinski definition) is 1. The zero-order valence-electron chi connectivity index (χ0n) is 10.9. The highest BCUT2D eigenvalue weighted by Gasteiger charge is 2.33. The number of aromatic nitrogens is 1. The van der Waals surface area contributed by atoms with Crippen LogP contribution in [0.4, 0.5) is 19.0 Å². The standard InChI is InChI=1S/C14H11Cl2F3N2/c1-8-4-11(16)7-21-13(8)20-6-9-2-3-10(15)5-12(9)14(17,18)19/h2-5,7H,6H2,1H3,(H,20,21). The number of hydrogen-bond acceptors (Lipinski definition) is 2. The summed E-state index contributed by atoms with van der Waals surface area (Å²) < 4.78 is 38.9. The van der Waals surface area contributed by atoms with Gasteiger partial charge in [-0.2, -0.15) is 13.2 Å². The van der Waals surface area contributed by atoms with Crippen molar-refractivity contribution in [2.45, 2.75) is 19.6 Å². The van der Waals surface area contributed by atoms with Gasteiger partial charge in [0.1, 0.15) is 5.82 Å². The van der Waals surface area contributed by atoms with E-state index in [1.807, 2.05) is 0 Å². The van der Waals surface area contributed by atoms with Crippen LogP contribution in [0.15, 0.2) is 30.5 Å². The molecule has 7 heteroatoms. The van der Waals surface area contributed by atoms with Crippen molar-refractivity contribution in [1.29, 1.82) is 0 Å². The summed E-state index contributed by atoms with van der Waals surface area (Å²) in [5.74, 6) is 0.488. The van der Waals surface area contributed by atoms with Gasteiger partial charge in [-0.05, 0) is 36.2 Å². The Hall–Kier alpha value is -1.46. The van der Waals surface area contributed by atoms with Crippen molar-refractivity contribution in [3.8, 4) is 0 Å². The van der Waals surface area contributed by atoms with Crippen molar-refractivity contribution in [3.63, 3.8) is 0 Å². The van der Waals surface area contributed by atoms with E-state index in [0.717, 1.165) is 11.6 Å². The number of aryl methyl sites for hydroxylation is 1. The number of rotatable bonds is 3. The Kier molecular flexibility index (Phi) is 4.64. The average molecular weight is 335 g/mol. The molecule has 0 saturated heterocycles. The first-order chi connectivity index (χ1) is 9.77. The third kappa shape index (κ3) is 4.02. The van der Waals surface area contributed by atoms with E-state index in [0.29, 0.717) is 10.8 Å². The van der Waals surface area contributed by atoms with Crippen LogP contribution in [0.1, 0.15) is 16.7 Å². The Morgan fingerprint density at radius 1 is 1.14 bits per heavy atom. The second-order valence-corrected chi connectivity index (χ2v) is 5.34. The summed E-state index contributed by atoms with van der Waals surface area (Å²) in [4.78, 5) is 4.05. The van der Waals surface area contributed by atoms with E-state index in [4.69, 9.17) is 23.2 Å². The molecule has 0 fully saturated rings. The Balaban J connectivity index is 2.24. The Morgan fingerprint density at radius 2 is 1.86 bits per heavy atom. The molecule has 0 radical (unpaired) electrons. The van der Waals surface area contributed by atoms with Gasteiger partial charge in [0.15, 0.2) is 0 Å². The molecule has 0 unspecified atom stereocenters. The summed E-state index contributed by atoms with van der Waals surface area (Å²) >= 11 is 11.4. The Labute approximate surface area is 129 Å². The average Bonchev–Trinajstić information content (AvgIpc) is 2.38. The number of nitrogens with one attached hydrogen (secondary N) is 1. The predicted octanol–water partition coefficient (Wildman–Crippen LogP) is 5.33. The van der Waals surface area contributed by atoms with Gasteiger partial charge in [-0.15, -0.1) is 0 Å². The fraction of sp³-hybridized carbons (Fsp3) is 0.214. The fourth-order valence-corrected chi connectivity index (χ4v) is 2.26. The van der Waals surface area contributed by atoms with E-state index in [1.54, 1.807) is 13.0 Å². The minimum absolute atomic E-state index is 0.0124. The van der Waals surface area contributed by atoms with Gasteiger partial charge in [0.05, 0.1) is 10.6 Å². The number of pyridine rings is 1. The predicted molar refractivity (Wildman–Crippen MR) is 77.8 cm³/mol. The van der Waals surface area contributed by atoms with Crippen molar-refractivity contribution in [2.75, 3.05) is 5.32 Å². The molecule has 1 aromatic carbocycles. The topological polar surface area (TPSA) is 24.9 Å². The number of nitrogens with zero attached hydrogens (tertiary/aromatic N) is 1. The van der Waals surface area contributed by atoms with Gasteiger partial charge in [-0.1, -0.05) is 29.3 Å². The SMILES string of the molecule is Cc1cc(Cl)cnc1NCc1ccc(Cl)cc1C(F)(F)F. The molecular formula is C14H11Cl2F3N2. The first-order valence-corrected chi connectivity index (χ1v) is 6.74. The van der Waals surface area contributed by atoms with E-state index in [1.165, 1.54) is 18.3 Å². The number of alkyl halides is 3. The highest BCUT2D eigenvalue weighted by molar-refractivity contribution is 6.30. The summed E-state index contributed by atoms with van der Waals surface area (Å²) in [6, 6.07) is 5.38. The smallest absolute Gasteiger partial charge is 0.366 e. The number of anilines is 1. The first kappa shape index (κ1) is 15.9. The Morgan fingerprint density at radius 3 is 2.48 bits per heavy atom. The van der Waals surface area contributed by atoms with Crippen molar-refractivity contribution in [2.24, 2.45) is 0 Å². The largest absolute Gasteiger partial charge is 0.416 e. The maximum atomic E-state index is 13.0. The monoisotopic (exact) mass is 334 g/mol. The van der Waals surface area contributed by atoms with E-state index in [-0.39, 0.29) is 17.1 Å². The molecule has 1 heterocycles. The molecule has 2 aromatic rings. The minimum atomic E-state index is -4.45. The molecule has 112 valence electrons. The quantitative estimate of drug-likeness (QED) is 0.820. The number of halogens is 5. The third-order valence-corrected chi connectivity index (χ3v) is 3.31. The van der Waals surface area contributed by atoms with Gasteiger partial charge in [0.2, 0.25) is 0 Å². The molecule has 0 bridgehead atoms. The van der Waals surface area contributed by atoms with Crippen LogP contribution in [0.3, 0.4) is 0 Å². The Bertz CT molecular complexity index is 657. The lowest BCUT2D eigenvalue weighted by molar-refractivity contribution is -0.138. The summed E-state index contributed by atoms with van der Waals surface area (Å²) in [5, 5.41) is 3.40. The third-order valence-electron chi connectivity index (χ3n) is 2.87. The molecule has 21 heavy (non-hydrogen) atoms. The lowest BCUT2D eigenvalue weighted by Gasteiger charge is -2.15. The molecule has 0 atom stereocenters. The van der Waals surface area contributed by atoms with Gasteiger partial charge in [-0.3, -0.25) is 0 Å². The van der Waals surface area contributed by atoms with Crippen LogP contribution in [0.5, 0.6) is 0 Å². The van der Waals surface area contributed by atoms with Gasteiger partial charge in [0.25, 0.3) is 0 Å². The molecular weight excluding hydrogens is 324 g/mol. The van der Waals surface area contributed by atoms with Crippen LogP contribution in [-0.4, -0.2) is 4.98 Å². The second kappa shape index (κ2) is 6.12. The van der Waals surface area contributed by atoms with E-state index in [9.17, 15) is 13.2 Å². The minimum Gasteiger partial charge on any atom is -0.366 e. The second-order valence-electron chi connectivity index (χ2n) is 4.47. The van der Waals surface area contributed by atoms with Gasteiger partial charge < -0.3 is 5.32 Å². The van der Waals surface area contributed by atoms with Crippen molar-refractivity contribution < 1.29 is 13.2 Å². The molecule has 0 saturated carbocycles. The summed E-state index contributed by atoms with van der Waals surface area (Å²) in [6.07, 6.45) is -3.02. The molecule has 2 nitrogen and oxygen atoms in total. The van der Waals surface area contributed by atoms with E-state index >= 15 is 0 Å². The van der Waals surface area contributed by atoms with Gasteiger partial charge >= 0.3 is 6.18 Å². The van der Waals surface area contributed by atoms with E-state index < -0.39 is 11.7 Å². The van der Waals surface area contributed by atoms with Crippen LogP contribution in [-0.2, 0) is 12.7 Å².